The molecule has 4 aromatic rings. The molecule has 180 valence electrons. The quantitative estimate of drug-likeness (QED) is 0.331. The molecule has 5 rings (SSSR count). The fourth-order valence-corrected chi connectivity index (χ4v) is 5.90. The summed E-state index contributed by atoms with van der Waals surface area (Å²) in [6.07, 6.45) is 6.58. The smallest absolute Gasteiger partial charge is 0.259 e. The molecule has 0 saturated carbocycles. The molecule has 2 unspecified atom stereocenters. The van der Waals surface area contributed by atoms with E-state index in [1.807, 2.05) is 24.3 Å². The number of hydrogen-bond acceptors (Lipinski definition) is 8. The van der Waals surface area contributed by atoms with Gasteiger partial charge in [0.25, 0.3) is 5.91 Å². The maximum Gasteiger partial charge on any atom is 0.259 e. The zero-order valence-electron chi connectivity index (χ0n) is 18.6. The third-order valence-electron chi connectivity index (χ3n) is 6.20. The topological polar surface area (TPSA) is 146 Å². The van der Waals surface area contributed by atoms with E-state index in [2.05, 4.69) is 25.3 Å². The Morgan fingerprint density at radius 2 is 2.21 bits per heavy atom. The van der Waals surface area contributed by atoms with Crippen molar-refractivity contribution in [2.75, 3.05) is 29.5 Å². The van der Waals surface area contributed by atoms with Gasteiger partial charge in [-0.15, -0.1) is 5.10 Å². The molecule has 0 radical (unpaired) electrons. The minimum Gasteiger partial charge on any atom is -0.381 e. The van der Waals surface area contributed by atoms with Crippen molar-refractivity contribution in [1.29, 1.82) is 0 Å². The maximum atomic E-state index is 13.2. The van der Waals surface area contributed by atoms with Crippen molar-refractivity contribution < 1.29 is 13.9 Å². The number of nitrogen functional groups attached to an aromatic ring is 1. The Kier molecular flexibility index (Phi) is 5.55. The lowest BCUT2D eigenvalue weighted by Crippen LogP contribution is -2.44. The van der Waals surface area contributed by atoms with Crippen LogP contribution in [0.25, 0.3) is 11.2 Å². The van der Waals surface area contributed by atoms with Crippen molar-refractivity contribution in [3.05, 3.63) is 53.2 Å². The normalized spacial score (nSPS) is 19.9. The van der Waals surface area contributed by atoms with Crippen molar-refractivity contribution in [3.63, 3.8) is 0 Å². The van der Waals surface area contributed by atoms with Crippen LogP contribution in [0.2, 0.25) is 5.02 Å². The zero-order chi connectivity index (χ0) is 24.2. The molecule has 1 aliphatic rings. The van der Waals surface area contributed by atoms with E-state index >= 15 is 0 Å². The van der Waals surface area contributed by atoms with Crippen LogP contribution in [0.3, 0.4) is 0 Å². The number of imidazole rings is 1. The molecule has 1 amide bonds. The van der Waals surface area contributed by atoms with Crippen molar-refractivity contribution in [1.82, 2.24) is 29.3 Å². The van der Waals surface area contributed by atoms with Crippen LogP contribution in [0.15, 0.2) is 37.1 Å². The number of nitrogens with zero attached hydrogens (tertiary/aromatic N) is 6. The molecular formula is C21H25ClN8O3S. The van der Waals surface area contributed by atoms with Gasteiger partial charge in [0.1, 0.15) is 17.7 Å². The molecule has 34 heavy (non-hydrogen) atoms. The first kappa shape index (κ1) is 22.7. The van der Waals surface area contributed by atoms with Gasteiger partial charge in [0.2, 0.25) is 0 Å². The fourth-order valence-electron chi connectivity index (χ4n) is 4.34. The second-order valence-corrected chi connectivity index (χ2v) is 11.5. The van der Waals surface area contributed by atoms with Gasteiger partial charge < -0.3 is 16.0 Å². The number of halogens is 1. The molecule has 13 heteroatoms. The monoisotopic (exact) mass is 504 g/mol. The summed E-state index contributed by atoms with van der Waals surface area (Å²) in [4.78, 5) is 23.8. The fraction of sp³-hybridized carbons (Fsp3) is 0.333. The van der Waals surface area contributed by atoms with E-state index in [1.54, 1.807) is 31.0 Å². The van der Waals surface area contributed by atoms with E-state index in [0.29, 0.717) is 23.8 Å². The van der Waals surface area contributed by atoms with Gasteiger partial charge in [-0.05, 0) is 26.0 Å². The second kappa shape index (κ2) is 8.31. The average Bonchev–Trinajstić information content (AvgIpc) is 3.40. The minimum absolute atomic E-state index is 0.0850. The highest BCUT2D eigenvalue weighted by Crippen LogP contribution is 2.48. The van der Waals surface area contributed by atoms with Gasteiger partial charge in [-0.25, -0.2) is 14.5 Å². The molecule has 0 aliphatic carbocycles. The van der Waals surface area contributed by atoms with Crippen LogP contribution in [-0.2, 0) is 0 Å². The number of nitrogens with one attached hydrogen (secondary N) is 1. The van der Waals surface area contributed by atoms with Crippen LogP contribution in [0.5, 0.6) is 0 Å². The van der Waals surface area contributed by atoms with Gasteiger partial charge in [0.05, 0.1) is 33.8 Å². The summed E-state index contributed by atoms with van der Waals surface area (Å²) in [6, 6.07) is 3.04. The Hall–Kier alpha value is -3.06. The first-order chi connectivity index (χ1) is 16.2. The summed E-state index contributed by atoms with van der Waals surface area (Å²) >= 11 is 6.56. The minimum atomic E-state index is -2.65. The molecule has 5 N–H and O–H groups in total. The highest BCUT2D eigenvalue weighted by Gasteiger charge is 2.33. The maximum absolute atomic E-state index is 13.2. The van der Waals surface area contributed by atoms with Gasteiger partial charge in [0, 0.05) is 31.0 Å². The predicted octanol–water partition coefficient (Wildman–Crippen LogP) is 3.06. The van der Waals surface area contributed by atoms with Gasteiger partial charge in [-0.3, -0.25) is 18.3 Å². The van der Waals surface area contributed by atoms with Crippen molar-refractivity contribution in [3.8, 4) is 0 Å². The molecule has 1 fully saturated rings. The Labute approximate surface area is 201 Å². The molecule has 11 nitrogen and oxygen atoms in total. The lowest BCUT2D eigenvalue weighted by atomic mass is 10.1. The Morgan fingerprint density at radius 3 is 2.97 bits per heavy atom. The van der Waals surface area contributed by atoms with Crippen molar-refractivity contribution in [2.45, 2.75) is 25.1 Å². The number of pyridine rings is 1. The number of rotatable bonds is 4. The Balaban J connectivity index is 1.53. The summed E-state index contributed by atoms with van der Waals surface area (Å²) < 4.78 is 24.0. The number of nitrogens with two attached hydrogens (primary N) is 1. The van der Waals surface area contributed by atoms with Crippen LogP contribution in [-0.4, -0.2) is 63.1 Å². The van der Waals surface area contributed by atoms with Gasteiger partial charge in [-0.1, -0.05) is 11.6 Å². The number of amides is 1. The molecule has 5 heterocycles. The van der Waals surface area contributed by atoms with Crippen LogP contribution < -0.4 is 16.0 Å². The van der Waals surface area contributed by atoms with Crippen molar-refractivity contribution >= 4 is 50.9 Å². The standard InChI is InChI=1S/C21H25ClN8O3S/c1-12-10-28(6-7-34(12,32)33)21-14(8-15(22)16-9-24-11-29(16)21)13(2)26-20(31)17-18(23)27-30-5-3-4-25-19(17)30/h3-5,8-9,11-13,32-33H,6-7,10H2,1-2H3,(H2,23,27)(H,26,31). The van der Waals surface area contributed by atoms with Crippen molar-refractivity contribution in [2.24, 2.45) is 0 Å². The van der Waals surface area contributed by atoms with E-state index in [9.17, 15) is 13.9 Å². The number of carbonyl (C=O) groups excluding carboxylic acids is 1. The first-order valence-corrected chi connectivity index (χ1v) is 12.9. The summed E-state index contributed by atoms with van der Waals surface area (Å²) in [7, 11) is -2.65. The zero-order valence-corrected chi connectivity index (χ0v) is 20.2. The lowest BCUT2D eigenvalue weighted by molar-refractivity contribution is 0.0942. The Morgan fingerprint density at radius 1 is 1.41 bits per heavy atom. The van der Waals surface area contributed by atoms with E-state index in [0.717, 1.165) is 16.9 Å². The van der Waals surface area contributed by atoms with Crippen LogP contribution in [0, 0.1) is 0 Å². The van der Waals surface area contributed by atoms with Gasteiger partial charge in [-0.2, -0.15) is 10.6 Å². The Bertz CT molecular complexity index is 1400. The molecule has 0 spiro atoms. The summed E-state index contributed by atoms with van der Waals surface area (Å²) in [6.45, 7) is 4.57. The largest absolute Gasteiger partial charge is 0.381 e. The number of anilines is 2. The molecule has 4 aromatic heterocycles. The van der Waals surface area contributed by atoms with Gasteiger partial charge in [0.15, 0.2) is 11.5 Å². The summed E-state index contributed by atoms with van der Waals surface area (Å²) in [5.74, 6) is 0.726. The third-order valence-corrected chi connectivity index (χ3v) is 8.72. The SMILES string of the molecule is CC(NC(=O)c1c(N)nn2cccnc12)c1cc(Cl)c2cncn2c1N1CCS(O)(O)C(C)C1. The molecule has 0 bridgehead atoms. The average molecular weight is 505 g/mol. The molecule has 2 atom stereocenters. The van der Waals surface area contributed by atoms with Crippen LogP contribution in [0.4, 0.5) is 11.6 Å². The number of carbonyl (C=O) groups is 1. The highest BCUT2D eigenvalue weighted by molar-refractivity contribution is 8.24. The van der Waals surface area contributed by atoms with Crippen LogP contribution in [0.1, 0.15) is 35.8 Å². The molecule has 0 aromatic carbocycles. The predicted molar refractivity (Wildman–Crippen MR) is 133 cm³/mol. The summed E-state index contributed by atoms with van der Waals surface area (Å²) in [5, 5.41) is 7.34. The van der Waals surface area contributed by atoms with E-state index in [1.165, 1.54) is 4.52 Å². The number of fused-ring (bicyclic) bond motifs is 2. The number of aromatic nitrogens is 5. The number of hydrogen-bond donors (Lipinski definition) is 4. The second-order valence-electron chi connectivity index (χ2n) is 8.44. The van der Waals surface area contributed by atoms with E-state index in [4.69, 9.17) is 17.3 Å². The van der Waals surface area contributed by atoms with E-state index < -0.39 is 22.5 Å². The summed E-state index contributed by atoms with van der Waals surface area (Å²) in [5.41, 5.74) is 8.07. The molecule has 1 saturated heterocycles. The molecule has 1 aliphatic heterocycles. The van der Waals surface area contributed by atoms with E-state index in [-0.39, 0.29) is 22.4 Å². The van der Waals surface area contributed by atoms with Gasteiger partial charge >= 0.3 is 0 Å². The molecular weight excluding hydrogens is 480 g/mol. The lowest BCUT2D eigenvalue weighted by Gasteiger charge is -2.47. The third kappa shape index (κ3) is 3.72. The first-order valence-electron chi connectivity index (χ1n) is 10.7. The highest BCUT2D eigenvalue weighted by atomic mass is 35.5. The van der Waals surface area contributed by atoms with Crippen LogP contribution >= 0.6 is 22.2 Å².